The molecular weight excluding hydrogens is 391 g/mol. The van der Waals surface area contributed by atoms with Crippen LogP contribution >= 0.6 is 21.0 Å². The minimum Gasteiger partial charge on any atom is -0.507 e. The van der Waals surface area contributed by atoms with Crippen LogP contribution in [0.3, 0.4) is 0 Å². The van der Waals surface area contributed by atoms with Crippen LogP contribution in [0.5, 0.6) is 5.75 Å². The highest BCUT2D eigenvalue weighted by atomic mass is 32.2. The van der Waals surface area contributed by atoms with Crippen LogP contribution in [0, 0.1) is 15.7 Å². The van der Waals surface area contributed by atoms with Crippen molar-refractivity contribution in [3.05, 3.63) is 56.8 Å². The first-order valence-corrected chi connectivity index (χ1v) is 11.4. The molecule has 2 aromatic rings. The molecule has 7 heteroatoms. The summed E-state index contributed by atoms with van der Waals surface area (Å²) in [5, 5.41) is 17.1. The largest absolute Gasteiger partial charge is 0.507 e. The first kappa shape index (κ1) is 22.5. The van der Waals surface area contributed by atoms with Crippen LogP contribution < -0.4 is 0 Å². The molecule has 2 rings (SSSR count). The summed E-state index contributed by atoms with van der Waals surface area (Å²) in [6.07, 6.45) is 3.52. The van der Waals surface area contributed by atoms with Gasteiger partial charge in [-0.1, -0.05) is 32.9 Å². The standard InChI is InChI=1S/C21H27N2O3PS/c1-5-12(2)19-16(22-25)10-17(24)20(21(19)23-26)18(13(3)11-27)14-6-8-15(28-4)9-7-14/h6-10,12-13,18,24H,5,11,27H2,1-4H3. The van der Waals surface area contributed by atoms with E-state index in [0.717, 1.165) is 23.0 Å². The van der Waals surface area contributed by atoms with E-state index in [0.29, 0.717) is 11.1 Å². The smallest absolute Gasteiger partial charge is 0.123 e. The molecule has 0 radical (unpaired) electrons. The molecule has 0 aliphatic rings. The van der Waals surface area contributed by atoms with Gasteiger partial charge >= 0.3 is 0 Å². The van der Waals surface area contributed by atoms with E-state index in [2.05, 4.69) is 26.5 Å². The van der Waals surface area contributed by atoms with Crippen LogP contribution in [0.4, 0.5) is 11.4 Å². The van der Waals surface area contributed by atoms with Gasteiger partial charge in [0.15, 0.2) is 0 Å². The summed E-state index contributed by atoms with van der Waals surface area (Å²) in [5.74, 6) is -0.299. The maximum absolute atomic E-state index is 11.9. The SMILES string of the molecule is CCC(C)c1c(N=O)cc(O)c(C(c2ccc(SC)cc2)C(C)CP)c1N=O. The predicted octanol–water partition coefficient (Wildman–Crippen LogP) is 7.07. The van der Waals surface area contributed by atoms with Crippen molar-refractivity contribution in [2.24, 2.45) is 16.3 Å². The molecule has 28 heavy (non-hydrogen) atoms. The number of nitroso groups, excluding NO2 is 2. The zero-order valence-electron chi connectivity index (χ0n) is 16.7. The third kappa shape index (κ3) is 4.44. The van der Waals surface area contributed by atoms with E-state index in [4.69, 9.17) is 0 Å². The Morgan fingerprint density at radius 3 is 2.21 bits per heavy atom. The second-order valence-electron chi connectivity index (χ2n) is 7.05. The lowest BCUT2D eigenvalue weighted by Gasteiger charge is -2.27. The van der Waals surface area contributed by atoms with E-state index in [9.17, 15) is 14.9 Å². The topological polar surface area (TPSA) is 79.1 Å². The Balaban J connectivity index is 2.81. The summed E-state index contributed by atoms with van der Waals surface area (Å²) in [6, 6.07) is 9.48. The number of hydrogen-bond acceptors (Lipinski definition) is 6. The molecule has 5 nitrogen and oxygen atoms in total. The lowest BCUT2D eigenvalue weighted by molar-refractivity contribution is 0.453. The number of benzene rings is 2. The second-order valence-corrected chi connectivity index (χ2v) is 8.40. The van der Waals surface area contributed by atoms with Gasteiger partial charge < -0.3 is 5.11 Å². The van der Waals surface area contributed by atoms with Crippen molar-refractivity contribution in [1.29, 1.82) is 0 Å². The molecule has 0 saturated carbocycles. The first-order valence-electron chi connectivity index (χ1n) is 9.33. The van der Waals surface area contributed by atoms with E-state index in [1.165, 1.54) is 6.07 Å². The fourth-order valence-corrected chi connectivity index (χ4v) is 4.25. The molecule has 150 valence electrons. The van der Waals surface area contributed by atoms with Crippen LogP contribution in [0.15, 0.2) is 45.6 Å². The molecule has 0 aromatic heterocycles. The van der Waals surface area contributed by atoms with Gasteiger partial charge in [-0.3, -0.25) is 0 Å². The summed E-state index contributed by atoms with van der Waals surface area (Å²) in [7, 11) is 2.73. The number of phenolic OH excluding ortho intramolecular Hbond substituents is 1. The van der Waals surface area contributed by atoms with Crippen LogP contribution in [0.2, 0.25) is 0 Å². The summed E-state index contributed by atoms with van der Waals surface area (Å²) < 4.78 is 0. The second kappa shape index (κ2) is 10.1. The molecule has 4 unspecified atom stereocenters. The highest BCUT2D eigenvalue weighted by molar-refractivity contribution is 7.98. The van der Waals surface area contributed by atoms with Crippen molar-refractivity contribution in [3.8, 4) is 5.75 Å². The number of rotatable bonds is 9. The van der Waals surface area contributed by atoms with Crippen LogP contribution in [-0.4, -0.2) is 17.5 Å². The Kier molecular flexibility index (Phi) is 8.14. The van der Waals surface area contributed by atoms with Gasteiger partial charge in [-0.2, -0.15) is 0 Å². The van der Waals surface area contributed by atoms with E-state index < -0.39 is 0 Å². The minimum absolute atomic E-state index is 0.0782. The van der Waals surface area contributed by atoms with Crippen molar-refractivity contribution in [2.45, 2.75) is 43.9 Å². The van der Waals surface area contributed by atoms with Gasteiger partial charge in [0.05, 0.1) is 0 Å². The summed E-state index contributed by atoms with van der Waals surface area (Å²) in [4.78, 5) is 24.4. The molecule has 0 aliphatic heterocycles. The van der Waals surface area contributed by atoms with Crippen LogP contribution in [-0.2, 0) is 0 Å². The highest BCUT2D eigenvalue weighted by Gasteiger charge is 2.31. The lowest BCUT2D eigenvalue weighted by atomic mass is 9.79. The molecule has 0 aliphatic carbocycles. The van der Waals surface area contributed by atoms with Crippen molar-refractivity contribution in [1.82, 2.24) is 0 Å². The zero-order chi connectivity index (χ0) is 20.8. The summed E-state index contributed by atoms with van der Waals surface area (Å²) >= 11 is 1.66. The predicted molar refractivity (Wildman–Crippen MR) is 122 cm³/mol. The molecule has 4 atom stereocenters. The van der Waals surface area contributed by atoms with Crippen molar-refractivity contribution >= 4 is 32.4 Å². The summed E-state index contributed by atoms with van der Waals surface area (Å²) in [6.45, 7) is 5.98. The van der Waals surface area contributed by atoms with Gasteiger partial charge in [-0.05, 0) is 58.7 Å². The fraction of sp³-hybridized carbons (Fsp3) is 0.429. The molecule has 0 bridgehead atoms. The van der Waals surface area contributed by atoms with E-state index in [1.54, 1.807) is 11.8 Å². The molecule has 0 heterocycles. The van der Waals surface area contributed by atoms with Gasteiger partial charge in [-0.15, -0.1) is 30.8 Å². The minimum atomic E-state index is -0.232. The Bertz CT molecular complexity index is 843. The molecular formula is C21H27N2O3PS. The van der Waals surface area contributed by atoms with E-state index in [-0.39, 0.29) is 34.9 Å². The molecule has 0 fully saturated rings. The van der Waals surface area contributed by atoms with Crippen LogP contribution in [0.1, 0.15) is 55.7 Å². The number of aromatic hydroxyl groups is 1. The van der Waals surface area contributed by atoms with Gasteiger partial charge in [0.2, 0.25) is 0 Å². The average molecular weight is 418 g/mol. The maximum Gasteiger partial charge on any atom is 0.123 e. The Labute approximate surface area is 172 Å². The number of phenols is 1. The lowest BCUT2D eigenvalue weighted by Crippen LogP contribution is -2.14. The Hall–Kier alpha value is -1.78. The third-order valence-corrected chi connectivity index (χ3v) is 6.84. The number of hydrogen-bond donors (Lipinski definition) is 1. The number of nitrogens with zero attached hydrogens (tertiary/aromatic N) is 2. The normalized spacial score (nSPS) is 14.3. The van der Waals surface area contributed by atoms with Crippen molar-refractivity contribution in [3.63, 3.8) is 0 Å². The highest BCUT2D eigenvalue weighted by Crippen LogP contribution is 2.50. The quantitative estimate of drug-likeness (QED) is 0.268. The number of thioether (sulfide) groups is 1. The van der Waals surface area contributed by atoms with Gasteiger partial charge in [-0.25, -0.2) is 0 Å². The fourth-order valence-electron chi connectivity index (χ4n) is 3.57. The molecule has 2 aromatic carbocycles. The molecule has 1 N–H and O–H groups in total. The first-order chi connectivity index (χ1) is 13.4. The van der Waals surface area contributed by atoms with Crippen molar-refractivity contribution < 1.29 is 5.11 Å². The van der Waals surface area contributed by atoms with Gasteiger partial charge in [0.25, 0.3) is 0 Å². The van der Waals surface area contributed by atoms with E-state index >= 15 is 0 Å². The third-order valence-electron chi connectivity index (χ3n) is 5.36. The zero-order valence-corrected chi connectivity index (χ0v) is 18.6. The van der Waals surface area contributed by atoms with Gasteiger partial charge in [0, 0.05) is 28.0 Å². The maximum atomic E-state index is 11.9. The van der Waals surface area contributed by atoms with Crippen LogP contribution in [0.25, 0.3) is 0 Å². The van der Waals surface area contributed by atoms with E-state index in [1.807, 2.05) is 44.4 Å². The Morgan fingerprint density at radius 2 is 1.75 bits per heavy atom. The Morgan fingerprint density at radius 1 is 1.11 bits per heavy atom. The van der Waals surface area contributed by atoms with Gasteiger partial charge in [0.1, 0.15) is 17.1 Å². The molecule has 0 amide bonds. The monoisotopic (exact) mass is 418 g/mol. The molecule has 0 saturated heterocycles. The average Bonchev–Trinajstić information content (AvgIpc) is 2.73. The summed E-state index contributed by atoms with van der Waals surface area (Å²) in [5.41, 5.74) is 2.22. The van der Waals surface area contributed by atoms with Crippen molar-refractivity contribution in [2.75, 3.05) is 12.4 Å². The molecule has 0 spiro atoms.